The molecule has 4 atom stereocenters. The van der Waals surface area contributed by atoms with E-state index in [1.807, 2.05) is 40.2 Å². The Hall–Kier alpha value is -1.84. The van der Waals surface area contributed by atoms with E-state index in [1.54, 1.807) is 6.08 Å². The van der Waals surface area contributed by atoms with Crippen LogP contribution in [0.25, 0.3) is 0 Å². The Morgan fingerprint density at radius 3 is 1.79 bits per heavy atom. The number of unbranched alkanes of at least 4 members (excludes halogenated alkanes) is 13. The van der Waals surface area contributed by atoms with E-state index in [4.69, 9.17) is 9.05 Å². The SMILES string of the molecule is CCCCCCCCCCCCCCC[C@@H](O)[C@H](COP(=O)(O)OCC[N+](C)(C)C)NC(=O)CCC/C=C\C/C=C\C/C=C\C/C=C\C=C\[C@H](O)CC. The number of hydrogen-bond donors (Lipinski definition) is 4. The molecular formula is C43H80N2O7P+. The van der Waals surface area contributed by atoms with Gasteiger partial charge < -0.3 is 24.9 Å². The van der Waals surface area contributed by atoms with Crippen molar-refractivity contribution in [1.82, 2.24) is 5.32 Å². The lowest BCUT2D eigenvalue weighted by Crippen LogP contribution is -2.46. The first-order chi connectivity index (χ1) is 25.4. The smallest absolute Gasteiger partial charge is 0.391 e. The third-order valence-electron chi connectivity index (χ3n) is 8.94. The molecule has 0 aliphatic carbocycles. The summed E-state index contributed by atoms with van der Waals surface area (Å²) in [6, 6.07) is -0.801. The van der Waals surface area contributed by atoms with E-state index in [9.17, 15) is 24.5 Å². The minimum absolute atomic E-state index is 0.0546. The Morgan fingerprint density at radius 1 is 0.717 bits per heavy atom. The molecule has 1 unspecified atom stereocenters. The molecule has 0 aromatic carbocycles. The second-order valence-corrected chi connectivity index (χ2v) is 16.6. The molecule has 0 spiro atoms. The molecule has 9 nitrogen and oxygen atoms in total. The number of aliphatic hydroxyl groups is 2. The quantitative estimate of drug-likeness (QED) is 0.0164. The van der Waals surface area contributed by atoms with Gasteiger partial charge in [0, 0.05) is 6.42 Å². The fraction of sp³-hybridized carbons (Fsp3) is 0.744. The van der Waals surface area contributed by atoms with Crippen LogP contribution in [-0.2, 0) is 18.4 Å². The lowest BCUT2D eigenvalue weighted by atomic mass is 10.0. The molecular weight excluding hydrogens is 687 g/mol. The number of phosphoric acid groups is 1. The minimum Gasteiger partial charge on any atom is -0.391 e. The maximum Gasteiger partial charge on any atom is 0.472 e. The van der Waals surface area contributed by atoms with Crippen LogP contribution in [0.5, 0.6) is 0 Å². The lowest BCUT2D eigenvalue weighted by molar-refractivity contribution is -0.870. The number of carbonyl (C=O) groups is 1. The number of carbonyl (C=O) groups excluding carboxylic acids is 1. The van der Waals surface area contributed by atoms with Gasteiger partial charge in [0.25, 0.3) is 0 Å². The van der Waals surface area contributed by atoms with Gasteiger partial charge in [-0.25, -0.2) is 4.57 Å². The monoisotopic (exact) mass is 768 g/mol. The van der Waals surface area contributed by atoms with Gasteiger partial charge in [-0.2, -0.15) is 0 Å². The van der Waals surface area contributed by atoms with E-state index in [0.29, 0.717) is 23.9 Å². The van der Waals surface area contributed by atoms with Gasteiger partial charge in [-0.1, -0.05) is 158 Å². The van der Waals surface area contributed by atoms with Gasteiger partial charge in [0.15, 0.2) is 0 Å². The molecule has 0 fully saturated rings. The van der Waals surface area contributed by atoms with Gasteiger partial charge in [-0.3, -0.25) is 13.8 Å². The molecule has 0 radical (unpaired) electrons. The van der Waals surface area contributed by atoms with Gasteiger partial charge in [0.05, 0.1) is 46.0 Å². The number of amides is 1. The van der Waals surface area contributed by atoms with Gasteiger partial charge in [-0.15, -0.1) is 0 Å². The maximum atomic E-state index is 12.8. The molecule has 0 aromatic heterocycles. The average molecular weight is 768 g/mol. The number of rotatable bonds is 36. The Kier molecular flexibility index (Phi) is 33.4. The van der Waals surface area contributed by atoms with Crippen molar-refractivity contribution < 1.29 is 38.0 Å². The topological polar surface area (TPSA) is 125 Å². The number of quaternary nitrogens is 1. The van der Waals surface area contributed by atoms with Crippen LogP contribution in [0.3, 0.4) is 0 Å². The maximum absolute atomic E-state index is 12.8. The summed E-state index contributed by atoms with van der Waals surface area (Å²) in [5, 5.41) is 23.3. The van der Waals surface area contributed by atoms with Gasteiger partial charge >= 0.3 is 7.82 Å². The number of aliphatic hydroxyl groups excluding tert-OH is 2. The predicted octanol–water partition coefficient (Wildman–Crippen LogP) is 10.0. The van der Waals surface area contributed by atoms with E-state index >= 15 is 0 Å². The normalized spacial score (nSPS) is 15.7. The van der Waals surface area contributed by atoms with Crippen LogP contribution in [0.4, 0.5) is 0 Å². The number of likely N-dealkylation sites (N-methyl/N-ethyl adjacent to an activating group) is 1. The minimum atomic E-state index is -4.34. The number of allylic oxidation sites excluding steroid dienone is 9. The highest BCUT2D eigenvalue weighted by atomic mass is 31.2. The number of hydrogen-bond acceptors (Lipinski definition) is 6. The van der Waals surface area contributed by atoms with Gasteiger partial charge in [0.1, 0.15) is 13.2 Å². The number of phosphoric ester groups is 1. The van der Waals surface area contributed by atoms with Gasteiger partial charge in [0.2, 0.25) is 5.91 Å². The zero-order valence-corrected chi connectivity index (χ0v) is 35.2. The first-order valence-corrected chi connectivity index (χ1v) is 22.3. The van der Waals surface area contributed by atoms with E-state index in [-0.39, 0.29) is 31.6 Å². The third kappa shape index (κ3) is 36.9. The van der Waals surface area contributed by atoms with E-state index in [0.717, 1.165) is 51.4 Å². The summed E-state index contributed by atoms with van der Waals surface area (Å²) in [5.41, 5.74) is 0. The summed E-state index contributed by atoms with van der Waals surface area (Å²) in [4.78, 5) is 23.1. The lowest BCUT2D eigenvalue weighted by Gasteiger charge is -2.26. The summed E-state index contributed by atoms with van der Waals surface area (Å²) in [6.45, 7) is 4.48. The Labute approximate surface area is 324 Å². The van der Waals surface area contributed by atoms with Crippen molar-refractivity contribution in [3.63, 3.8) is 0 Å². The van der Waals surface area contributed by atoms with Crippen molar-refractivity contribution in [3.8, 4) is 0 Å². The molecule has 0 saturated heterocycles. The van der Waals surface area contributed by atoms with Crippen LogP contribution in [0.15, 0.2) is 60.8 Å². The molecule has 0 rings (SSSR count). The first kappa shape index (κ1) is 51.2. The highest BCUT2D eigenvalue weighted by Crippen LogP contribution is 2.43. The molecule has 1 amide bonds. The van der Waals surface area contributed by atoms with Crippen LogP contribution in [-0.4, -0.2) is 84.6 Å². The van der Waals surface area contributed by atoms with Crippen LogP contribution in [0.1, 0.15) is 149 Å². The summed E-state index contributed by atoms with van der Waals surface area (Å²) < 4.78 is 23.5. The standard InChI is InChI=1S/C43H79N2O7P/c1-6-8-9-10-11-12-13-16-20-23-26-29-32-35-42(47)41(39-52-53(49,50)51-38-37-45(3,4)5)44-43(48)36-33-30-27-24-21-18-15-14-17-19-22-25-28-31-34-40(46)7-2/h15,17-19,24-25,27-28,31,34,40-42,46-47H,6-14,16,20-23,26,29-30,32-33,35-39H2,1-5H3,(H-,44,48,49,50)/p+1/b18-15-,19-17-,27-24-,28-25-,34-31+/t40-,41+,42-/m1/s1. The molecule has 0 aromatic rings. The predicted molar refractivity (Wildman–Crippen MR) is 223 cm³/mol. The molecule has 0 bridgehead atoms. The van der Waals surface area contributed by atoms with Crippen LogP contribution < -0.4 is 5.32 Å². The molecule has 0 aliphatic rings. The summed E-state index contributed by atoms with van der Waals surface area (Å²) in [5.74, 6) is -0.216. The first-order valence-electron chi connectivity index (χ1n) is 20.8. The average Bonchev–Trinajstić information content (AvgIpc) is 3.10. The molecule has 0 heterocycles. The summed E-state index contributed by atoms with van der Waals surface area (Å²) in [7, 11) is 1.54. The summed E-state index contributed by atoms with van der Waals surface area (Å²) >= 11 is 0. The number of nitrogens with zero attached hydrogens (tertiary/aromatic N) is 1. The summed E-state index contributed by atoms with van der Waals surface area (Å²) in [6.07, 6.45) is 40.6. The van der Waals surface area contributed by atoms with Crippen LogP contribution in [0, 0.1) is 0 Å². The van der Waals surface area contributed by atoms with Crippen molar-refractivity contribution in [2.75, 3.05) is 40.9 Å². The van der Waals surface area contributed by atoms with Crippen molar-refractivity contribution in [3.05, 3.63) is 60.8 Å². The van der Waals surface area contributed by atoms with Gasteiger partial charge in [-0.05, 0) is 44.9 Å². The molecule has 10 heteroatoms. The fourth-order valence-corrected chi connectivity index (χ4v) is 6.18. The Balaban J connectivity index is 4.56. The molecule has 4 N–H and O–H groups in total. The van der Waals surface area contributed by atoms with E-state index < -0.39 is 20.0 Å². The van der Waals surface area contributed by atoms with Crippen LogP contribution in [0.2, 0.25) is 0 Å². The molecule has 0 aliphatic heterocycles. The third-order valence-corrected chi connectivity index (χ3v) is 9.92. The van der Waals surface area contributed by atoms with Crippen molar-refractivity contribution >= 4 is 13.7 Å². The zero-order valence-electron chi connectivity index (χ0n) is 34.3. The number of nitrogens with one attached hydrogen (secondary N) is 1. The second-order valence-electron chi connectivity index (χ2n) is 15.2. The fourth-order valence-electron chi connectivity index (χ4n) is 5.44. The molecule has 0 saturated carbocycles. The van der Waals surface area contributed by atoms with E-state index in [2.05, 4.69) is 54.8 Å². The van der Waals surface area contributed by atoms with E-state index in [1.165, 1.54) is 64.2 Å². The Morgan fingerprint density at radius 2 is 1.25 bits per heavy atom. The zero-order chi connectivity index (χ0) is 39.5. The van der Waals surface area contributed by atoms with Crippen LogP contribution >= 0.6 is 7.82 Å². The highest BCUT2D eigenvalue weighted by Gasteiger charge is 2.28. The van der Waals surface area contributed by atoms with Crippen molar-refractivity contribution in [2.24, 2.45) is 0 Å². The molecule has 53 heavy (non-hydrogen) atoms. The largest absolute Gasteiger partial charge is 0.472 e. The Bertz CT molecular complexity index is 1070. The highest BCUT2D eigenvalue weighted by molar-refractivity contribution is 7.47. The van der Waals surface area contributed by atoms with Crippen molar-refractivity contribution in [1.29, 1.82) is 0 Å². The second kappa shape index (κ2) is 34.6. The van der Waals surface area contributed by atoms with Crippen molar-refractivity contribution in [2.45, 2.75) is 167 Å². The molecule has 308 valence electrons.